The highest BCUT2D eigenvalue weighted by atomic mass is 16.5. The molecule has 0 amide bonds. The molecule has 1 N–H and O–H groups in total. The van der Waals surface area contributed by atoms with Crippen LogP contribution >= 0.6 is 0 Å². The molecule has 0 saturated heterocycles. The smallest absolute Gasteiger partial charge is 0.339 e. The lowest BCUT2D eigenvalue weighted by Gasteiger charge is -2.36. The zero-order valence-electron chi connectivity index (χ0n) is 12.4. The average Bonchev–Trinajstić information content (AvgIpc) is 2.43. The summed E-state index contributed by atoms with van der Waals surface area (Å²) in [6, 6.07) is 5.74. The fourth-order valence-corrected chi connectivity index (χ4v) is 2.63. The molecular formula is C16H23NO3. The quantitative estimate of drug-likeness (QED) is 0.896. The van der Waals surface area contributed by atoms with E-state index in [1.54, 1.807) is 12.1 Å². The number of anilines is 1. The van der Waals surface area contributed by atoms with Gasteiger partial charge in [0.05, 0.1) is 12.2 Å². The lowest BCUT2D eigenvalue weighted by atomic mass is 10.0. The van der Waals surface area contributed by atoms with Crippen molar-refractivity contribution >= 4 is 11.7 Å². The Balaban J connectivity index is 2.24. The number of nitrogens with zero attached hydrogens (tertiary/aromatic N) is 1. The minimum Gasteiger partial charge on any atom is -0.489 e. The normalized spacial score (nSPS) is 15.7. The molecule has 0 aliphatic carbocycles. The number of carboxylic acid groups (broad SMARTS) is 1. The van der Waals surface area contributed by atoms with Crippen LogP contribution in [0.5, 0.6) is 5.75 Å². The van der Waals surface area contributed by atoms with Gasteiger partial charge < -0.3 is 14.7 Å². The summed E-state index contributed by atoms with van der Waals surface area (Å²) in [6.07, 6.45) is 2.28. The van der Waals surface area contributed by atoms with E-state index >= 15 is 0 Å². The van der Waals surface area contributed by atoms with E-state index in [0.29, 0.717) is 24.3 Å². The lowest BCUT2D eigenvalue weighted by Crippen LogP contribution is -2.40. The number of hydrogen-bond acceptors (Lipinski definition) is 3. The van der Waals surface area contributed by atoms with Gasteiger partial charge >= 0.3 is 5.97 Å². The highest BCUT2D eigenvalue weighted by molar-refractivity contribution is 5.93. The Labute approximate surface area is 120 Å². The number of benzene rings is 1. The molecule has 20 heavy (non-hydrogen) atoms. The SMILES string of the molecule is CC(C)CCC(C)N1CCOc2c(C(=O)O)cccc21. The number of hydrogen-bond donors (Lipinski definition) is 1. The number of carbonyl (C=O) groups is 1. The van der Waals surface area contributed by atoms with Crippen molar-refractivity contribution in [2.45, 2.75) is 39.7 Å². The molecule has 0 aromatic heterocycles. The van der Waals surface area contributed by atoms with Crippen molar-refractivity contribution in [3.63, 3.8) is 0 Å². The van der Waals surface area contributed by atoms with Gasteiger partial charge in [-0.1, -0.05) is 19.9 Å². The molecule has 0 saturated carbocycles. The van der Waals surface area contributed by atoms with Crippen molar-refractivity contribution in [3.05, 3.63) is 23.8 Å². The topological polar surface area (TPSA) is 49.8 Å². The number of carboxylic acids is 1. The molecule has 4 heteroatoms. The molecule has 0 spiro atoms. The molecule has 110 valence electrons. The first-order chi connectivity index (χ1) is 9.50. The van der Waals surface area contributed by atoms with Crippen molar-refractivity contribution in [1.82, 2.24) is 0 Å². The van der Waals surface area contributed by atoms with Gasteiger partial charge in [-0.25, -0.2) is 4.79 Å². The minimum absolute atomic E-state index is 0.253. The van der Waals surface area contributed by atoms with Gasteiger partial charge in [0.2, 0.25) is 0 Å². The summed E-state index contributed by atoms with van der Waals surface area (Å²) in [6.45, 7) is 8.01. The molecule has 4 nitrogen and oxygen atoms in total. The molecule has 1 atom stereocenters. The van der Waals surface area contributed by atoms with Crippen LogP contribution in [-0.4, -0.2) is 30.3 Å². The average molecular weight is 277 g/mol. The maximum absolute atomic E-state index is 11.3. The van der Waals surface area contributed by atoms with Crippen molar-refractivity contribution < 1.29 is 14.6 Å². The fraction of sp³-hybridized carbons (Fsp3) is 0.562. The second-order valence-corrected chi connectivity index (χ2v) is 5.82. The minimum atomic E-state index is -0.932. The predicted octanol–water partition coefficient (Wildman–Crippen LogP) is 3.41. The van der Waals surface area contributed by atoms with Crippen LogP contribution in [0.3, 0.4) is 0 Å². The van der Waals surface area contributed by atoms with Crippen LogP contribution < -0.4 is 9.64 Å². The van der Waals surface area contributed by atoms with Gasteiger partial charge in [-0.15, -0.1) is 0 Å². The molecule has 1 aliphatic rings. The van der Waals surface area contributed by atoms with Gasteiger partial charge in [0.25, 0.3) is 0 Å². The Morgan fingerprint density at radius 2 is 2.10 bits per heavy atom. The maximum atomic E-state index is 11.3. The molecular weight excluding hydrogens is 254 g/mol. The van der Waals surface area contributed by atoms with Crippen molar-refractivity contribution in [3.8, 4) is 5.75 Å². The van der Waals surface area contributed by atoms with E-state index < -0.39 is 5.97 Å². The molecule has 1 unspecified atom stereocenters. The Kier molecular flexibility index (Phi) is 4.53. The Bertz CT molecular complexity index is 485. The molecule has 2 rings (SSSR count). The summed E-state index contributed by atoms with van der Waals surface area (Å²) in [5.74, 6) is 0.268. The van der Waals surface area contributed by atoms with Gasteiger partial charge in [-0.2, -0.15) is 0 Å². The highest BCUT2D eigenvalue weighted by Gasteiger charge is 2.26. The van der Waals surface area contributed by atoms with Crippen molar-refractivity contribution in [2.75, 3.05) is 18.1 Å². The molecule has 1 aromatic carbocycles. The molecule has 0 fully saturated rings. The van der Waals surface area contributed by atoms with E-state index in [4.69, 9.17) is 4.74 Å². The van der Waals surface area contributed by atoms with Gasteiger partial charge in [0.15, 0.2) is 5.75 Å². The summed E-state index contributed by atoms with van der Waals surface area (Å²) in [5.41, 5.74) is 1.16. The van der Waals surface area contributed by atoms with E-state index in [9.17, 15) is 9.90 Å². The summed E-state index contributed by atoms with van der Waals surface area (Å²) in [4.78, 5) is 13.5. The van der Waals surface area contributed by atoms with E-state index in [0.717, 1.165) is 18.7 Å². The summed E-state index contributed by atoms with van der Waals surface area (Å²) in [5, 5.41) is 9.24. The number of rotatable bonds is 5. The fourth-order valence-electron chi connectivity index (χ4n) is 2.63. The largest absolute Gasteiger partial charge is 0.489 e. The number of para-hydroxylation sites is 1. The molecule has 0 radical (unpaired) electrons. The third-order valence-electron chi connectivity index (χ3n) is 3.81. The lowest BCUT2D eigenvalue weighted by molar-refractivity contribution is 0.0692. The van der Waals surface area contributed by atoms with Crippen LogP contribution in [0.1, 0.15) is 44.0 Å². The van der Waals surface area contributed by atoms with Crippen LogP contribution in [-0.2, 0) is 0 Å². The Hall–Kier alpha value is -1.71. The van der Waals surface area contributed by atoms with E-state index in [1.165, 1.54) is 6.42 Å². The monoisotopic (exact) mass is 277 g/mol. The standard InChI is InChI=1S/C16H23NO3/c1-11(2)7-8-12(3)17-9-10-20-15-13(16(18)19)5-4-6-14(15)17/h4-6,11-12H,7-10H2,1-3H3,(H,18,19). The highest BCUT2D eigenvalue weighted by Crippen LogP contribution is 2.36. The first-order valence-corrected chi connectivity index (χ1v) is 7.26. The number of ether oxygens (including phenoxy) is 1. The second kappa shape index (κ2) is 6.16. The van der Waals surface area contributed by atoms with E-state index in [1.807, 2.05) is 6.07 Å². The van der Waals surface area contributed by atoms with Crippen LogP contribution in [0.15, 0.2) is 18.2 Å². The first kappa shape index (κ1) is 14.7. The Morgan fingerprint density at radius 1 is 1.35 bits per heavy atom. The predicted molar refractivity (Wildman–Crippen MR) is 79.8 cm³/mol. The van der Waals surface area contributed by atoms with Crippen LogP contribution in [0.4, 0.5) is 5.69 Å². The van der Waals surface area contributed by atoms with E-state index in [2.05, 4.69) is 25.7 Å². The number of aromatic carboxylic acids is 1. The van der Waals surface area contributed by atoms with Gasteiger partial charge in [0.1, 0.15) is 12.2 Å². The Morgan fingerprint density at radius 3 is 2.75 bits per heavy atom. The van der Waals surface area contributed by atoms with Crippen LogP contribution in [0.2, 0.25) is 0 Å². The molecule has 1 heterocycles. The maximum Gasteiger partial charge on any atom is 0.339 e. The van der Waals surface area contributed by atoms with Crippen molar-refractivity contribution in [2.24, 2.45) is 5.92 Å². The molecule has 1 aromatic rings. The number of fused-ring (bicyclic) bond motifs is 1. The van der Waals surface area contributed by atoms with E-state index in [-0.39, 0.29) is 5.56 Å². The molecule has 0 bridgehead atoms. The van der Waals surface area contributed by atoms with Crippen molar-refractivity contribution in [1.29, 1.82) is 0 Å². The third kappa shape index (κ3) is 3.06. The van der Waals surface area contributed by atoms with Crippen LogP contribution in [0, 0.1) is 5.92 Å². The third-order valence-corrected chi connectivity index (χ3v) is 3.81. The van der Waals surface area contributed by atoms with Gasteiger partial charge in [0, 0.05) is 6.04 Å². The second-order valence-electron chi connectivity index (χ2n) is 5.82. The zero-order chi connectivity index (χ0) is 14.7. The van der Waals surface area contributed by atoms with Gasteiger partial charge in [-0.3, -0.25) is 0 Å². The summed E-state index contributed by atoms with van der Waals surface area (Å²) >= 11 is 0. The first-order valence-electron chi connectivity index (χ1n) is 7.26. The zero-order valence-corrected chi connectivity index (χ0v) is 12.4. The van der Waals surface area contributed by atoms with Gasteiger partial charge in [-0.05, 0) is 37.8 Å². The van der Waals surface area contributed by atoms with Crippen LogP contribution in [0.25, 0.3) is 0 Å². The summed E-state index contributed by atoms with van der Waals surface area (Å²) in [7, 11) is 0. The molecule has 1 aliphatic heterocycles. The summed E-state index contributed by atoms with van der Waals surface area (Å²) < 4.78 is 5.60.